The molecule has 0 fully saturated rings. The van der Waals surface area contributed by atoms with Gasteiger partial charge in [0.1, 0.15) is 0 Å². The molecule has 0 spiro atoms. The molecule has 0 saturated carbocycles. The number of urea groups is 1. The van der Waals surface area contributed by atoms with E-state index in [1.165, 1.54) is 18.0 Å². The second-order valence-electron chi connectivity index (χ2n) is 6.11. The van der Waals surface area contributed by atoms with Gasteiger partial charge in [0.2, 0.25) is 16.8 Å². The van der Waals surface area contributed by atoms with Gasteiger partial charge in [0, 0.05) is 19.3 Å². The minimum atomic E-state index is -3.60. The zero-order valence-corrected chi connectivity index (χ0v) is 16.1. The van der Waals surface area contributed by atoms with Crippen LogP contribution in [0.25, 0.3) is 0 Å². The fraction of sp³-hybridized carbons (Fsp3) is 0.278. The summed E-state index contributed by atoms with van der Waals surface area (Å²) in [7, 11) is -0.600. The van der Waals surface area contributed by atoms with Crippen molar-refractivity contribution in [2.75, 3.05) is 26.2 Å². The summed E-state index contributed by atoms with van der Waals surface area (Å²) in [6.07, 6.45) is 0. The highest BCUT2D eigenvalue weighted by Crippen LogP contribution is 2.32. The van der Waals surface area contributed by atoms with Crippen molar-refractivity contribution in [1.82, 2.24) is 9.62 Å². The molecule has 0 radical (unpaired) electrons. The van der Waals surface area contributed by atoms with E-state index in [4.69, 9.17) is 9.47 Å². The van der Waals surface area contributed by atoms with Gasteiger partial charge in [-0.3, -0.25) is 0 Å². The zero-order chi connectivity index (χ0) is 19.6. The van der Waals surface area contributed by atoms with E-state index in [-0.39, 0.29) is 17.7 Å². The molecule has 2 N–H and O–H groups in total. The van der Waals surface area contributed by atoms with Gasteiger partial charge >= 0.3 is 6.03 Å². The van der Waals surface area contributed by atoms with Gasteiger partial charge in [0.25, 0.3) is 0 Å². The van der Waals surface area contributed by atoms with Gasteiger partial charge in [0.15, 0.2) is 11.5 Å². The van der Waals surface area contributed by atoms with Crippen molar-refractivity contribution in [3.05, 3.63) is 47.5 Å². The van der Waals surface area contributed by atoms with Gasteiger partial charge in [-0.25, -0.2) is 17.9 Å². The van der Waals surface area contributed by atoms with Crippen LogP contribution in [-0.2, 0) is 16.6 Å². The molecule has 0 aromatic heterocycles. The third-order valence-corrected chi connectivity index (χ3v) is 5.85. The van der Waals surface area contributed by atoms with Crippen molar-refractivity contribution >= 4 is 21.7 Å². The highest BCUT2D eigenvalue weighted by molar-refractivity contribution is 7.89. The van der Waals surface area contributed by atoms with E-state index >= 15 is 0 Å². The number of rotatable bonds is 5. The first-order valence-electron chi connectivity index (χ1n) is 8.25. The molecule has 144 valence electrons. The Labute approximate surface area is 158 Å². The topological polar surface area (TPSA) is 97.0 Å². The van der Waals surface area contributed by atoms with Gasteiger partial charge in [-0.15, -0.1) is 0 Å². The first kappa shape index (κ1) is 19.0. The molecule has 0 unspecified atom stereocenters. The summed E-state index contributed by atoms with van der Waals surface area (Å²) >= 11 is 0. The van der Waals surface area contributed by atoms with Crippen molar-refractivity contribution in [3.8, 4) is 11.5 Å². The average molecular weight is 391 g/mol. The van der Waals surface area contributed by atoms with E-state index < -0.39 is 10.0 Å². The first-order valence-corrected chi connectivity index (χ1v) is 9.74. The number of fused-ring (bicyclic) bond motifs is 1. The SMILES string of the molecule is CNS(=O)(=O)c1cccc(NC(=O)N(C)Cc2ccc3c(c2)OCO3)c1C. The highest BCUT2D eigenvalue weighted by Gasteiger charge is 2.19. The molecule has 9 heteroatoms. The standard InChI is InChI=1S/C18H21N3O5S/c1-12-14(5-4-6-17(12)27(23,24)19-2)20-18(22)21(3)10-13-7-8-15-16(9-13)26-11-25-15/h4-9,19H,10-11H2,1-3H3,(H,20,22). The van der Waals surface area contributed by atoms with Crippen LogP contribution in [-0.4, -0.2) is 40.2 Å². The number of hydrogen-bond donors (Lipinski definition) is 2. The van der Waals surface area contributed by atoms with E-state index in [0.717, 1.165) is 5.56 Å². The summed E-state index contributed by atoms with van der Waals surface area (Å²) < 4.78 is 37.0. The number of carbonyl (C=O) groups excluding carboxylic acids is 1. The molecule has 0 bridgehead atoms. The second-order valence-corrected chi connectivity index (χ2v) is 7.97. The molecule has 0 aliphatic carbocycles. The molecule has 1 heterocycles. The molecular formula is C18H21N3O5S. The number of nitrogens with one attached hydrogen (secondary N) is 2. The molecule has 2 amide bonds. The first-order chi connectivity index (χ1) is 12.8. The number of amides is 2. The van der Waals surface area contributed by atoms with Crippen LogP contribution in [0.1, 0.15) is 11.1 Å². The molecule has 2 aromatic carbocycles. The van der Waals surface area contributed by atoms with Gasteiger partial charge in [-0.2, -0.15) is 0 Å². The number of anilines is 1. The molecule has 8 nitrogen and oxygen atoms in total. The van der Waals surface area contributed by atoms with Crippen LogP contribution in [0.5, 0.6) is 11.5 Å². The lowest BCUT2D eigenvalue weighted by Gasteiger charge is -2.20. The maximum absolute atomic E-state index is 12.5. The van der Waals surface area contributed by atoms with Crippen LogP contribution in [0.3, 0.4) is 0 Å². The molecule has 2 aromatic rings. The average Bonchev–Trinajstić information content (AvgIpc) is 3.11. The Morgan fingerprint density at radius 3 is 2.67 bits per heavy atom. The van der Waals surface area contributed by atoms with Crippen LogP contribution in [0.2, 0.25) is 0 Å². The quantitative estimate of drug-likeness (QED) is 0.815. The summed E-state index contributed by atoms with van der Waals surface area (Å²) in [6, 6.07) is 9.89. The number of nitrogens with zero attached hydrogens (tertiary/aromatic N) is 1. The van der Waals surface area contributed by atoms with Crippen LogP contribution >= 0.6 is 0 Å². The van der Waals surface area contributed by atoms with Gasteiger partial charge in [-0.1, -0.05) is 12.1 Å². The van der Waals surface area contributed by atoms with E-state index in [0.29, 0.717) is 29.3 Å². The summed E-state index contributed by atoms with van der Waals surface area (Å²) in [6.45, 7) is 2.20. The highest BCUT2D eigenvalue weighted by atomic mass is 32.2. The van der Waals surface area contributed by atoms with Crippen LogP contribution in [0.4, 0.5) is 10.5 Å². The Kier molecular flexibility index (Phi) is 5.24. The minimum Gasteiger partial charge on any atom is -0.454 e. The normalized spacial score (nSPS) is 12.7. The third-order valence-electron chi connectivity index (χ3n) is 4.29. The van der Waals surface area contributed by atoms with Crippen molar-refractivity contribution in [2.45, 2.75) is 18.4 Å². The van der Waals surface area contributed by atoms with Crippen LogP contribution < -0.4 is 19.5 Å². The fourth-order valence-corrected chi connectivity index (χ4v) is 3.74. The Balaban J connectivity index is 1.73. The number of hydrogen-bond acceptors (Lipinski definition) is 5. The summed E-state index contributed by atoms with van der Waals surface area (Å²) in [5.41, 5.74) is 1.80. The molecule has 1 aliphatic heterocycles. The maximum atomic E-state index is 12.5. The van der Waals surface area contributed by atoms with Crippen molar-refractivity contribution < 1.29 is 22.7 Å². The molecule has 0 saturated heterocycles. The van der Waals surface area contributed by atoms with E-state index in [1.54, 1.807) is 32.2 Å². The Hall–Kier alpha value is -2.78. The molecule has 3 rings (SSSR count). The number of sulfonamides is 1. The van der Waals surface area contributed by atoms with Gasteiger partial charge in [0.05, 0.1) is 4.90 Å². The largest absolute Gasteiger partial charge is 0.454 e. The van der Waals surface area contributed by atoms with E-state index in [2.05, 4.69) is 10.0 Å². The van der Waals surface area contributed by atoms with E-state index in [1.807, 2.05) is 12.1 Å². The summed E-state index contributed by atoms with van der Waals surface area (Å²) in [4.78, 5) is 14.1. The van der Waals surface area contributed by atoms with Crippen LogP contribution in [0.15, 0.2) is 41.3 Å². The summed E-state index contributed by atoms with van der Waals surface area (Å²) in [5.74, 6) is 1.34. The predicted octanol–water partition coefficient (Wildman–Crippen LogP) is 2.30. The molecule has 1 aliphatic rings. The van der Waals surface area contributed by atoms with E-state index in [9.17, 15) is 13.2 Å². The minimum absolute atomic E-state index is 0.126. The zero-order valence-electron chi connectivity index (χ0n) is 15.3. The lowest BCUT2D eigenvalue weighted by Crippen LogP contribution is -2.31. The smallest absolute Gasteiger partial charge is 0.321 e. The second kappa shape index (κ2) is 7.45. The lowest BCUT2D eigenvalue weighted by atomic mass is 10.2. The molecule has 27 heavy (non-hydrogen) atoms. The lowest BCUT2D eigenvalue weighted by molar-refractivity contribution is 0.174. The molecular weight excluding hydrogens is 370 g/mol. The Morgan fingerprint density at radius 1 is 1.19 bits per heavy atom. The number of carbonyl (C=O) groups is 1. The molecule has 0 atom stereocenters. The predicted molar refractivity (Wildman–Crippen MR) is 100 cm³/mol. The fourth-order valence-electron chi connectivity index (χ4n) is 2.75. The van der Waals surface area contributed by atoms with Crippen molar-refractivity contribution in [2.24, 2.45) is 0 Å². The number of benzene rings is 2. The monoisotopic (exact) mass is 391 g/mol. The third kappa shape index (κ3) is 3.99. The van der Waals surface area contributed by atoms with Gasteiger partial charge in [-0.05, 0) is 49.4 Å². The number of ether oxygens (including phenoxy) is 2. The van der Waals surface area contributed by atoms with Crippen LogP contribution in [0, 0.1) is 6.92 Å². The van der Waals surface area contributed by atoms with Gasteiger partial charge < -0.3 is 19.7 Å². The Morgan fingerprint density at radius 2 is 1.93 bits per heavy atom. The maximum Gasteiger partial charge on any atom is 0.321 e. The van der Waals surface area contributed by atoms with Crippen molar-refractivity contribution in [3.63, 3.8) is 0 Å². The van der Waals surface area contributed by atoms with Crippen molar-refractivity contribution in [1.29, 1.82) is 0 Å². The Bertz CT molecular complexity index is 975. The summed E-state index contributed by atoms with van der Waals surface area (Å²) in [5, 5.41) is 2.76.